The SMILES string of the molecule is CCNC1CC2CCCC(C1)N2Cc1ccc(Br)cc1. The molecule has 0 radical (unpaired) electrons. The van der Waals surface area contributed by atoms with Gasteiger partial charge in [0.05, 0.1) is 0 Å². The first-order chi connectivity index (χ1) is 9.76. The average Bonchev–Trinajstić information content (AvgIpc) is 2.42. The molecule has 2 aliphatic rings. The summed E-state index contributed by atoms with van der Waals surface area (Å²) >= 11 is 3.52. The van der Waals surface area contributed by atoms with E-state index in [1.54, 1.807) is 0 Å². The summed E-state index contributed by atoms with van der Waals surface area (Å²) in [5.41, 5.74) is 1.45. The quantitative estimate of drug-likeness (QED) is 0.895. The fourth-order valence-electron chi connectivity index (χ4n) is 3.99. The first-order valence-electron chi connectivity index (χ1n) is 8.00. The van der Waals surface area contributed by atoms with E-state index in [0.29, 0.717) is 0 Å². The van der Waals surface area contributed by atoms with Crippen molar-refractivity contribution in [3.05, 3.63) is 34.3 Å². The second kappa shape index (κ2) is 6.59. The Kier molecular flexibility index (Phi) is 4.79. The van der Waals surface area contributed by atoms with Crippen molar-refractivity contribution in [2.45, 2.75) is 63.7 Å². The van der Waals surface area contributed by atoms with Crippen molar-refractivity contribution < 1.29 is 0 Å². The molecule has 0 saturated carbocycles. The Morgan fingerprint density at radius 2 is 1.80 bits per heavy atom. The Hall–Kier alpha value is -0.380. The van der Waals surface area contributed by atoms with E-state index in [1.807, 2.05) is 0 Å². The van der Waals surface area contributed by atoms with Crippen molar-refractivity contribution in [2.24, 2.45) is 0 Å². The number of fused-ring (bicyclic) bond motifs is 2. The monoisotopic (exact) mass is 336 g/mol. The Morgan fingerprint density at radius 3 is 2.40 bits per heavy atom. The highest BCUT2D eigenvalue weighted by atomic mass is 79.9. The van der Waals surface area contributed by atoms with E-state index in [-0.39, 0.29) is 0 Å². The van der Waals surface area contributed by atoms with E-state index in [2.05, 4.69) is 57.3 Å². The van der Waals surface area contributed by atoms with E-state index >= 15 is 0 Å². The summed E-state index contributed by atoms with van der Waals surface area (Å²) in [5, 5.41) is 3.67. The van der Waals surface area contributed by atoms with Gasteiger partial charge in [0.2, 0.25) is 0 Å². The van der Waals surface area contributed by atoms with Gasteiger partial charge in [-0.1, -0.05) is 41.4 Å². The number of piperidine rings is 2. The molecule has 2 saturated heterocycles. The van der Waals surface area contributed by atoms with Gasteiger partial charge in [-0.15, -0.1) is 0 Å². The predicted octanol–water partition coefficient (Wildman–Crippen LogP) is 3.94. The lowest BCUT2D eigenvalue weighted by molar-refractivity contribution is 0.0180. The van der Waals surface area contributed by atoms with Crippen LogP contribution in [0.1, 0.15) is 44.6 Å². The van der Waals surface area contributed by atoms with Gasteiger partial charge in [-0.3, -0.25) is 4.90 Å². The average molecular weight is 337 g/mol. The lowest BCUT2D eigenvalue weighted by Gasteiger charge is -2.49. The van der Waals surface area contributed by atoms with Gasteiger partial charge < -0.3 is 5.32 Å². The Morgan fingerprint density at radius 1 is 1.15 bits per heavy atom. The highest BCUT2D eigenvalue weighted by Gasteiger charge is 2.37. The molecule has 2 nitrogen and oxygen atoms in total. The molecule has 0 aromatic heterocycles. The zero-order valence-electron chi connectivity index (χ0n) is 12.3. The van der Waals surface area contributed by atoms with Crippen LogP contribution in [-0.2, 0) is 6.54 Å². The molecule has 0 spiro atoms. The van der Waals surface area contributed by atoms with Crippen molar-refractivity contribution in [3.63, 3.8) is 0 Å². The lowest BCUT2D eigenvalue weighted by atomic mass is 9.81. The molecule has 3 rings (SSSR count). The first-order valence-corrected chi connectivity index (χ1v) is 8.79. The Labute approximate surface area is 131 Å². The molecule has 3 heteroatoms. The first kappa shape index (κ1) is 14.6. The molecule has 2 atom stereocenters. The topological polar surface area (TPSA) is 15.3 Å². The number of hydrogen-bond donors (Lipinski definition) is 1. The van der Waals surface area contributed by atoms with E-state index in [0.717, 1.165) is 31.2 Å². The van der Waals surface area contributed by atoms with Gasteiger partial charge >= 0.3 is 0 Å². The number of hydrogen-bond acceptors (Lipinski definition) is 2. The third kappa shape index (κ3) is 3.26. The maximum atomic E-state index is 3.67. The summed E-state index contributed by atoms with van der Waals surface area (Å²) in [4.78, 5) is 2.78. The van der Waals surface area contributed by atoms with Crippen LogP contribution in [0.3, 0.4) is 0 Å². The molecule has 2 bridgehead atoms. The van der Waals surface area contributed by atoms with Crippen LogP contribution in [0, 0.1) is 0 Å². The fraction of sp³-hybridized carbons (Fsp3) is 0.647. The highest BCUT2D eigenvalue weighted by molar-refractivity contribution is 9.10. The standard InChI is InChI=1S/C17H25BrN2/c1-2-19-15-10-16-4-3-5-17(11-15)20(16)12-13-6-8-14(18)9-7-13/h6-9,15-17,19H,2-5,10-12H2,1H3. The van der Waals surface area contributed by atoms with Gasteiger partial charge in [-0.2, -0.15) is 0 Å². The van der Waals surface area contributed by atoms with Gasteiger partial charge in [0.1, 0.15) is 0 Å². The van der Waals surface area contributed by atoms with Crippen LogP contribution in [0.2, 0.25) is 0 Å². The highest BCUT2D eigenvalue weighted by Crippen LogP contribution is 2.35. The van der Waals surface area contributed by atoms with Crippen LogP contribution >= 0.6 is 15.9 Å². The zero-order chi connectivity index (χ0) is 13.9. The Bertz CT molecular complexity index is 417. The van der Waals surface area contributed by atoms with Gasteiger partial charge in [-0.25, -0.2) is 0 Å². The van der Waals surface area contributed by atoms with Gasteiger partial charge in [-0.05, 0) is 49.9 Å². The largest absolute Gasteiger partial charge is 0.314 e. The molecule has 2 aliphatic heterocycles. The molecule has 1 N–H and O–H groups in total. The van der Waals surface area contributed by atoms with Crippen LogP contribution in [0.15, 0.2) is 28.7 Å². The molecule has 2 unspecified atom stereocenters. The smallest absolute Gasteiger partial charge is 0.0239 e. The van der Waals surface area contributed by atoms with Crippen LogP contribution < -0.4 is 5.32 Å². The molecule has 1 aromatic rings. The molecule has 1 aromatic carbocycles. The molecule has 20 heavy (non-hydrogen) atoms. The van der Waals surface area contributed by atoms with Gasteiger partial charge in [0.15, 0.2) is 0 Å². The molecular formula is C17H25BrN2. The van der Waals surface area contributed by atoms with E-state index in [9.17, 15) is 0 Å². The zero-order valence-corrected chi connectivity index (χ0v) is 13.9. The van der Waals surface area contributed by atoms with Crippen LogP contribution in [0.4, 0.5) is 0 Å². The van der Waals surface area contributed by atoms with Crippen molar-refractivity contribution >= 4 is 15.9 Å². The molecular weight excluding hydrogens is 312 g/mol. The van der Waals surface area contributed by atoms with Crippen LogP contribution in [0.5, 0.6) is 0 Å². The molecule has 2 heterocycles. The van der Waals surface area contributed by atoms with E-state index in [4.69, 9.17) is 0 Å². The summed E-state index contributed by atoms with van der Waals surface area (Å²) in [7, 11) is 0. The summed E-state index contributed by atoms with van der Waals surface area (Å²) < 4.78 is 1.17. The predicted molar refractivity (Wildman–Crippen MR) is 87.8 cm³/mol. The van der Waals surface area contributed by atoms with Crippen molar-refractivity contribution in [1.29, 1.82) is 0 Å². The minimum Gasteiger partial charge on any atom is -0.314 e. The van der Waals surface area contributed by atoms with E-state index < -0.39 is 0 Å². The second-order valence-electron chi connectivity index (χ2n) is 6.26. The number of nitrogens with zero attached hydrogens (tertiary/aromatic N) is 1. The minimum absolute atomic E-state index is 0.747. The number of nitrogens with one attached hydrogen (secondary N) is 1. The fourth-order valence-corrected chi connectivity index (χ4v) is 4.26. The van der Waals surface area contributed by atoms with E-state index in [1.165, 1.54) is 42.1 Å². The Balaban J connectivity index is 1.68. The van der Waals surface area contributed by atoms with Crippen LogP contribution in [-0.4, -0.2) is 29.6 Å². The number of rotatable bonds is 4. The summed E-state index contributed by atoms with van der Waals surface area (Å²) in [6.45, 7) is 4.46. The summed E-state index contributed by atoms with van der Waals surface area (Å²) in [5.74, 6) is 0. The third-order valence-electron chi connectivity index (χ3n) is 4.90. The normalized spacial score (nSPS) is 30.4. The molecule has 110 valence electrons. The van der Waals surface area contributed by atoms with Gasteiger partial charge in [0, 0.05) is 29.1 Å². The van der Waals surface area contributed by atoms with Crippen molar-refractivity contribution in [3.8, 4) is 0 Å². The molecule has 0 amide bonds. The lowest BCUT2D eigenvalue weighted by Crippen LogP contribution is -2.55. The summed E-state index contributed by atoms with van der Waals surface area (Å²) in [6.07, 6.45) is 6.86. The number of benzene rings is 1. The second-order valence-corrected chi connectivity index (χ2v) is 7.18. The van der Waals surface area contributed by atoms with Crippen LogP contribution in [0.25, 0.3) is 0 Å². The number of halogens is 1. The third-order valence-corrected chi connectivity index (χ3v) is 5.43. The maximum Gasteiger partial charge on any atom is 0.0239 e. The summed E-state index contributed by atoms with van der Waals surface area (Å²) in [6, 6.07) is 11.2. The van der Waals surface area contributed by atoms with Gasteiger partial charge in [0.25, 0.3) is 0 Å². The van der Waals surface area contributed by atoms with Crippen molar-refractivity contribution in [2.75, 3.05) is 6.54 Å². The maximum absolute atomic E-state index is 3.67. The molecule has 0 aliphatic carbocycles. The minimum atomic E-state index is 0.747. The van der Waals surface area contributed by atoms with Crippen molar-refractivity contribution in [1.82, 2.24) is 10.2 Å². The molecule has 2 fully saturated rings.